The van der Waals surface area contributed by atoms with E-state index in [0.717, 1.165) is 28.1 Å². The van der Waals surface area contributed by atoms with E-state index in [0.29, 0.717) is 0 Å². The molecule has 0 saturated heterocycles. The molecule has 0 bridgehead atoms. The van der Waals surface area contributed by atoms with Gasteiger partial charge in [0.2, 0.25) is 0 Å². The summed E-state index contributed by atoms with van der Waals surface area (Å²) in [5.74, 6) is -0.0625. The Bertz CT molecular complexity index is 1690. The normalized spacial score (nSPS) is 13.5. The van der Waals surface area contributed by atoms with Gasteiger partial charge in [0.05, 0.1) is 5.76 Å². The zero-order chi connectivity index (χ0) is 26.2. The van der Waals surface area contributed by atoms with Gasteiger partial charge < -0.3 is 5.11 Å². The molecule has 0 amide bonds. The number of allylic oxidation sites excluding steroid dienone is 2. The Balaban J connectivity index is 0.000000375. The minimum absolute atomic E-state index is 0. The number of hydrogen-bond donors (Lipinski definition) is 1. The van der Waals surface area contributed by atoms with Crippen LogP contribution in [0.1, 0.15) is 19.4 Å². The summed E-state index contributed by atoms with van der Waals surface area (Å²) in [7, 11) is -1.77. The second-order valence-corrected chi connectivity index (χ2v) is 14.7. The Morgan fingerprint density at radius 2 is 1.71 bits per heavy atom. The average Bonchev–Trinajstić information content (AvgIpc) is 2.87. The molecular formula is C31H28IrN3O2Si-. The molecule has 0 saturated carbocycles. The maximum absolute atomic E-state index is 10.0. The number of hydrogen-bond acceptors (Lipinski definition) is 5. The number of carbonyl (C=O) groups is 1. The van der Waals surface area contributed by atoms with Crippen LogP contribution in [0.5, 0.6) is 0 Å². The molecule has 1 aliphatic heterocycles. The summed E-state index contributed by atoms with van der Waals surface area (Å²) in [6, 6.07) is 23.8. The Morgan fingerprint density at radius 1 is 1.00 bits per heavy atom. The van der Waals surface area contributed by atoms with Crippen LogP contribution in [0.2, 0.25) is 13.1 Å². The zero-order valence-corrected chi connectivity index (χ0v) is 25.1. The number of pyridine rings is 1. The third-order valence-electron chi connectivity index (χ3n) is 6.60. The van der Waals surface area contributed by atoms with Crippen molar-refractivity contribution in [3.05, 3.63) is 96.8 Å². The largest absolute Gasteiger partial charge is 0.512 e. The molecule has 38 heavy (non-hydrogen) atoms. The number of carbonyl (C=O) groups excluding carboxylic acids is 1. The third-order valence-corrected chi connectivity index (χ3v) is 9.52. The number of ketones is 1. The molecule has 2 aromatic heterocycles. The Kier molecular flexibility index (Phi) is 8.02. The SMILES string of the molecule is CC(=O)/C=C(/C)O.C[Si]1(C)Cc2c(-c3cc4ccccc4cn3)[c-]c3ccccc3c2-c2cncnc21.[Ir]. The van der Waals surface area contributed by atoms with Gasteiger partial charge in [0.15, 0.2) is 5.78 Å². The second-order valence-electron chi connectivity index (χ2n) is 10.1. The number of aromatic nitrogens is 3. The van der Waals surface area contributed by atoms with Crippen molar-refractivity contribution in [2.75, 3.05) is 0 Å². The van der Waals surface area contributed by atoms with Crippen molar-refractivity contribution < 1.29 is 30.0 Å². The molecule has 3 aromatic carbocycles. The van der Waals surface area contributed by atoms with Gasteiger partial charge in [-0.25, -0.2) is 9.97 Å². The molecular weight excluding hydrogens is 667 g/mol. The molecule has 3 heterocycles. The van der Waals surface area contributed by atoms with E-state index in [9.17, 15) is 4.79 Å². The van der Waals surface area contributed by atoms with E-state index in [2.05, 4.69) is 78.7 Å². The van der Waals surface area contributed by atoms with Crippen LogP contribution in [-0.4, -0.2) is 33.9 Å². The minimum atomic E-state index is -1.77. The number of fused-ring (bicyclic) bond motifs is 6. The van der Waals surface area contributed by atoms with Crippen LogP contribution in [0.3, 0.4) is 0 Å². The maximum Gasteiger partial charge on any atom is 0.155 e. The molecule has 0 fully saturated rings. The standard InChI is InChI=1S/C26H20N3Si.C5H8O2.Ir/c1-30(2)15-23-21(24-12-17-7-3-4-9-19(17)13-28-24)11-18-8-5-6-10-20(18)25(23)22-14-27-16-29-26(22)30;1-4(6)3-5(2)7;/h3-10,12-14,16H,15H2,1-2H3;3,6H,1-2H3;/q-1;;/b;4-3-;. The molecule has 0 aliphatic carbocycles. The van der Waals surface area contributed by atoms with Gasteiger partial charge in [-0.2, -0.15) is 0 Å². The molecule has 5 nitrogen and oxygen atoms in total. The zero-order valence-electron chi connectivity index (χ0n) is 21.7. The Hall–Kier alpha value is -3.51. The van der Waals surface area contributed by atoms with E-state index in [1.165, 1.54) is 52.7 Å². The number of rotatable bonds is 2. The summed E-state index contributed by atoms with van der Waals surface area (Å²) in [6.45, 7) is 7.64. The Morgan fingerprint density at radius 3 is 2.42 bits per heavy atom. The first-order valence-corrected chi connectivity index (χ1v) is 15.5. The summed E-state index contributed by atoms with van der Waals surface area (Å²) < 4.78 is 0. The first-order valence-electron chi connectivity index (χ1n) is 12.3. The molecule has 193 valence electrons. The molecule has 6 rings (SSSR count). The van der Waals surface area contributed by atoms with Gasteiger partial charge in [0, 0.05) is 55.1 Å². The molecule has 1 aliphatic rings. The van der Waals surface area contributed by atoms with Crippen LogP contribution >= 0.6 is 0 Å². The second kappa shape index (κ2) is 11.1. The predicted molar refractivity (Wildman–Crippen MR) is 152 cm³/mol. The van der Waals surface area contributed by atoms with Crippen molar-refractivity contribution in [3.8, 4) is 22.4 Å². The van der Waals surface area contributed by atoms with Crippen molar-refractivity contribution in [2.24, 2.45) is 0 Å². The summed E-state index contributed by atoms with van der Waals surface area (Å²) in [6.07, 6.45) is 6.84. The summed E-state index contributed by atoms with van der Waals surface area (Å²) >= 11 is 0. The van der Waals surface area contributed by atoms with Gasteiger partial charge >= 0.3 is 0 Å². The number of nitrogens with zero attached hydrogens (tertiary/aromatic N) is 3. The molecule has 0 unspecified atom stereocenters. The van der Waals surface area contributed by atoms with E-state index < -0.39 is 8.07 Å². The van der Waals surface area contributed by atoms with Crippen molar-refractivity contribution in [2.45, 2.75) is 33.0 Å². The molecule has 7 heteroatoms. The fourth-order valence-corrected chi connectivity index (χ4v) is 7.83. The first-order chi connectivity index (χ1) is 17.7. The van der Waals surface area contributed by atoms with Gasteiger partial charge in [-0.1, -0.05) is 84.2 Å². The molecule has 1 N–H and O–H groups in total. The topological polar surface area (TPSA) is 76.0 Å². The van der Waals surface area contributed by atoms with Crippen LogP contribution in [0.15, 0.2) is 85.2 Å². The van der Waals surface area contributed by atoms with Crippen molar-refractivity contribution in [3.63, 3.8) is 0 Å². The van der Waals surface area contributed by atoms with Crippen molar-refractivity contribution in [1.29, 1.82) is 0 Å². The van der Waals surface area contributed by atoms with Crippen molar-refractivity contribution in [1.82, 2.24) is 15.0 Å². The average molecular weight is 695 g/mol. The van der Waals surface area contributed by atoms with Crippen LogP contribution in [0.4, 0.5) is 0 Å². The number of benzene rings is 3. The fourth-order valence-electron chi connectivity index (χ4n) is 5.10. The third kappa shape index (κ3) is 5.36. The monoisotopic (exact) mass is 695 g/mol. The summed E-state index contributed by atoms with van der Waals surface area (Å²) in [4.78, 5) is 24.0. The van der Waals surface area contributed by atoms with E-state index in [-0.39, 0.29) is 31.6 Å². The van der Waals surface area contributed by atoms with E-state index in [1.807, 2.05) is 12.4 Å². The predicted octanol–water partition coefficient (Wildman–Crippen LogP) is 6.36. The van der Waals surface area contributed by atoms with Crippen LogP contribution < -0.4 is 5.32 Å². The summed E-state index contributed by atoms with van der Waals surface area (Å²) in [5, 5.41) is 14.3. The molecule has 5 aromatic rings. The minimum Gasteiger partial charge on any atom is -0.512 e. The van der Waals surface area contributed by atoms with Gasteiger partial charge in [-0.15, -0.1) is 23.1 Å². The van der Waals surface area contributed by atoms with Gasteiger partial charge in [0.25, 0.3) is 0 Å². The number of aliphatic hydroxyl groups excluding tert-OH is 1. The maximum atomic E-state index is 10.0. The molecule has 1 radical (unpaired) electrons. The molecule has 0 spiro atoms. The number of aliphatic hydroxyl groups is 1. The summed E-state index contributed by atoms with van der Waals surface area (Å²) in [5.41, 5.74) is 5.89. The fraction of sp³-hybridized carbons (Fsp3) is 0.161. The van der Waals surface area contributed by atoms with Crippen LogP contribution in [0, 0.1) is 6.07 Å². The van der Waals surface area contributed by atoms with Gasteiger partial charge in [-0.05, 0) is 24.6 Å². The van der Waals surface area contributed by atoms with E-state index in [4.69, 9.17) is 15.1 Å². The van der Waals surface area contributed by atoms with Gasteiger partial charge in [-0.3, -0.25) is 9.78 Å². The van der Waals surface area contributed by atoms with E-state index >= 15 is 0 Å². The Labute approximate surface area is 237 Å². The van der Waals surface area contributed by atoms with Crippen molar-refractivity contribution >= 4 is 40.7 Å². The quantitative estimate of drug-likeness (QED) is 0.101. The smallest absolute Gasteiger partial charge is 0.155 e. The van der Waals surface area contributed by atoms with Crippen LogP contribution in [0.25, 0.3) is 43.9 Å². The van der Waals surface area contributed by atoms with Crippen LogP contribution in [-0.2, 0) is 30.9 Å². The molecule has 0 atom stereocenters. The van der Waals surface area contributed by atoms with Gasteiger partial charge in [0.1, 0.15) is 14.4 Å². The first kappa shape index (κ1) is 27.5. The van der Waals surface area contributed by atoms with E-state index in [1.54, 1.807) is 6.33 Å².